The van der Waals surface area contributed by atoms with Gasteiger partial charge in [0.1, 0.15) is 17.5 Å². The van der Waals surface area contributed by atoms with E-state index in [9.17, 15) is 13.2 Å². The zero-order valence-corrected chi connectivity index (χ0v) is 20.2. The molecule has 2 saturated heterocycles. The number of amides is 1. The Morgan fingerprint density at radius 3 is 2.35 bits per heavy atom. The van der Waals surface area contributed by atoms with Crippen molar-refractivity contribution in [3.8, 4) is 5.88 Å². The van der Waals surface area contributed by atoms with E-state index in [1.807, 2.05) is 20.8 Å². The molecule has 0 saturated carbocycles. The molecule has 0 N–H and O–H groups in total. The van der Waals surface area contributed by atoms with Gasteiger partial charge in [-0.3, -0.25) is 0 Å². The van der Waals surface area contributed by atoms with Gasteiger partial charge in [0, 0.05) is 49.8 Å². The average Bonchev–Trinajstić information content (AvgIpc) is 2.71. The molecular formula is C20H32N4O5S2. The smallest absolute Gasteiger partial charge is 0.410 e. The quantitative estimate of drug-likeness (QED) is 0.583. The fraction of sp³-hybridized carbons (Fsp3) is 0.750. The lowest BCUT2D eigenvalue weighted by atomic mass is 10.1. The minimum absolute atomic E-state index is 0.00690. The Morgan fingerprint density at radius 2 is 1.77 bits per heavy atom. The lowest BCUT2D eigenvalue weighted by Crippen LogP contribution is -2.42. The first-order valence-electron chi connectivity index (χ1n) is 10.7. The molecular weight excluding hydrogens is 440 g/mol. The molecule has 0 spiro atoms. The third-order valence-corrected chi connectivity index (χ3v) is 8.20. The summed E-state index contributed by atoms with van der Waals surface area (Å²) < 4.78 is 36.3. The molecule has 3 heterocycles. The van der Waals surface area contributed by atoms with Gasteiger partial charge in [0.05, 0.1) is 12.4 Å². The van der Waals surface area contributed by atoms with Crippen molar-refractivity contribution < 1.29 is 22.7 Å². The summed E-state index contributed by atoms with van der Waals surface area (Å²) >= 11 is 1.67. The molecule has 3 rings (SSSR count). The first kappa shape index (κ1) is 24.1. The fourth-order valence-electron chi connectivity index (χ4n) is 3.69. The van der Waals surface area contributed by atoms with Gasteiger partial charge >= 0.3 is 6.09 Å². The second-order valence-electron chi connectivity index (χ2n) is 8.32. The molecule has 2 aliphatic rings. The van der Waals surface area contributed by atoms with Crippen molar-refractivity contribution in [2.24, 2.45) is 0 Å². The number of carbonyl (C=O) groups is 1. The van der Waals surface area contributed by atoms with Crippen LogP contribution in [0.15, 0.2) is 11.4 Å². The summed E-state index contributed by atoms with van der Waals surface area (Å²) in [5.74, 6) is 0.578. The van der Waals surface area contributed by atoms with Crippen LogP contribution < -0.4 is 4.74 Å². The molecule has 2 fully saturated rings. The lowest BCUT2D eigenvalue weighted by molar-refractivity contribution is 0.0504. The minimum Gasteiger partial charge on any atom is -0.474 e. The number of piperidine rings is 2. The number of hydrogen-bond acceptors (Lipinski definition) is 8. The highest BCUT2D eigenvalue weighted by molar-refractivity contribution is 7.99. The van der Waals surface area contributed by atoms with E-state index in [0.29, 0.717) is 37.3 Å². The molecule has 0 unspecified atom stereocenters. The highest BCUT2D eigenvalue weighted by Crippen LogP contribution is 2.34. The molecule has 1 amide bonds. The number of nitrogens with zero attached hydrogens (tertiary/aromatic N) is 4. The van der Waals surface area contributed by atoms with Crippen molar-refractivity contribution in [2.75, 3.05) is 32.4 Å². The summed E-state index contributed by atoms with van der Waals surface area (Å²) in [4.78, 5) is 22.5. The summed E-state index contributed by atoms with van der Waals surface area (Å²) in [6.07, 6.45) is 5.41. The van der Waals surface area contributed by atoms with Crippen LogP contribution >= 0.6 is 11.8 Å². The highest BCUT2D eigenvalue weighted by Gasteiger charge is 2.28. The van der Waals surface area contributed by atoms with E-state index < -0.39 is 10.0 Å². The Balaban J connectivity index is 1.53. The summed E-state index contributed by atoms with van der Waals surface area (Å²) in [6.45, 7) is 7.93. The van der Waals surface area contributed by atoms with Crippen molar-refractivity contribution in [3.05, 3.63) is 11.9 Å². The van der Waals surface area contributed by atoms with E-state index in [1.54, 1.807) is 16.7 Å². The summed E-state index contributed by atoms with van der Waals surface area (Å²) in [6, 6.07) is 0. The molecule has 0 aliphatic carbocycles. The zero-order chi connectivity index (χ0) is 22.6. The van der Waals surface area contributed by atoms with E-state index >= 15 is 0 Å². The number of hydrogen-bond donors (Lipinski definition) is 0. The maximum absolute atomic E-state index is 12.0. The first-order chi connectivity index (χ1) is 14.6. The predicted molar refractivity (Wildman–Crippen MR) is 119 cm³/mol. The van der Waals surface area contributed by atoms with Crippen molar-refractivity contribution in [1.29, 1.82) is 0 Å². The number of rotatable bonds is 6. The molecule has 31 heavy (non-hydrogen) atoms. The van der Waals surface area contributed by atoms with E-state index in [2.05, 4.69) is 9.97 Å². The second kappa shape index (κ2) is 10.4. The average molecular weight is 473 g/mol. The lowest BCUT2D eigenvalue weighted by Gasteiger charge is -2.32. The molecule has 0 atom stereocenters. The van der Waals surface area contributed by atoms with Gasteiger partial charge in [-0.2, -0.15) is 0 Å². The van der Waals surface area contributed by atoms with Crippen LogP contribution in [0.3, 0.4) is 0 Å². The van der Waals surface area contributed by atoms with Crippen molar-refractivity contribution in [3.63, 3.8) is 0 Å². The van der Waals surface area contributed by atoms with Crippen LogP contribution in [0.5, 0.6) is 5.88 Å². The number of aromatic nitrogens is 2. The number of thioether (sulfide) groups is 1. The highest BCUT2D eigenvalue weighted by atomic mass is 32.2. The van der Waals surface area contributed by atoms with Crippen LogP contribution in [-0.4, -0.2) is 83.6 Å². The molecule has 0 aromatic carbocycles. The van der Waals surface area contributed by atoms with E-state index in [-0.39, 0.29) is 18.3 Å². The van der Waals surface area contributed by atoms with E-state index in [0.717, 1.165) is 36.3 Å². The van der Waals surface area contributed by atoms with Gasteiger partial charge in [0.25, 0.3) is 0 Å². The van der Waals surface area contributed by atoms with E-state index in [4.69, 9.17) is 9.47 Å². The largest absolute Gasteiger partial charge is 0.474 e. The minimum atomic E-state index is -3.12. The predicted octanol–water partition coefficient (Wildman–Crippen LogP) is 2.69. The standard InChI is InChI=1S/C20H32N4O5S2/c1-14(2)28-20(25)23-9-5-16(6-10-23)29-18-15(3)19(22-13-21-18)30-17-7-11-24(12-8-17)31(4,26)27/h13-14,16-17H,5-12H2,1-4H3. The van der Waals surface area contributed by atoms with E-state index in [1.165, 1.54) is 16.9 Å². The number of sulfonamides is 1. The molecule has 11 heteroatoms. The Bertz CT molecular complexity index is 864. The molecule has 2 aliphatic heterocycles. The molecule has 0 bridgehead atoms. The normalized spacial score (nSPS) is 19.6. The van der Waals surface area contributed by atoms with Gasteiger partial charge in [0.2, 0.25) is 15.9 Å². The molecule has 0 radical (unpaired) electrons. The molecule has 9 nitrogen and oxygen atoms in total. The Labute approximate surface area is 188 Å². The Morgan fingerprint density at radius 1 is 1.13 bits per heavy atom. The van der Waals surface area contributed by atoms with Gasteiger partial charge in [-0.05, 0) is 33.6 Å². The van der Waals surface area contributed by atoms with Gasteiger partial charge in [-0.1, -0.05) is 0 Å². The topological polar surface area (TPSA) is 102 Å². The molecule has 174 valence electrons. The Kier molecular flexibility index (Phi) is 8.03. The van der Waals surface area contributed by atoms with Crippen LogP contribution in [0.1, 0.15) is 45.1 Å². The third-order valence-electron chi connectivity index (χ3n) is 5.45. The maximum Gasteiger partial charge on any atom is 0.410 e. The summed E-state index contributed by atoms with van der Waals surface area (Å²) in [5.41, 5.74) is 0.902. The first-order valence-corrected chi connectivity index (χ1v) is 13.4. The summed E-state index contributed by atoms with van der Waals surface area (Å²) in [5, 5.41) is 1.19. The Hall–Kier alpha value is -1.59. The van der Waals surface area contributed by atoms with Crippen molar-refractivity contribution in [1.82, 2.24) is 19.2 Å². The van der Waals surface area contributed by atoms with Gasteiger partial charge in [0.15, 0.2) is 0 Å². The van der Waals surface area contributed by atoms with Crippen LogP contribution in [0.2, 0.25) is 0 Å². The fourth-order valence-corrected chi connectivity index (χ4v) is 5.69. The SMILES string of the molecule is Cc1c(OC2CCN(C(=O)OC(C)C)CC2)ncnc1SC1CCN(S(C)(=O)=O)CC1. The third kappa shape index (κ3) is 6.69. The monoisotopic (exact) mass is 472 g/mol. The van der Waals surface area contributed by atoms with Crippen LogP contribution in [-0.2, 0) is 14.8 Å². The maximum atomic E-state index is 12.0. The zero-order valence-electron chi connectivity index (χ0n) is 18.6. The number of likely N-dealkylation sites (tertiary alicyclic amines) is 1. The molecule has 1 aromatic rings. The van der Waals surface area contributed by atoms with Gasteiger partial charge in [-0.25, -0.2) is 27.5 Å². The number of carbonyl (C=O) groups excluding carboxylic acids is 1. The van der Waals surface area contributed by atoms with Crippen LogP contribution in [0.4, 0.5) is 4.79 Å². The molecule has 1 aromatic heterocycles. The number of ether oxygens (including phenoxy) is 2. The summed E-state index contributed by atoms with van der Waals surface area (Å²) in [7, 11) is -3.12. The van der Waals surface area contributed by atoms with Crippen LogP contribution in [0, 0.1) is 6.92 Å². The van der Waals surface area contributed by atoms with Crippen molar-refractivity contribution in [2.45, 2.75) is 68.9 Å². The second-order valence-corrected chi connectivity index (χ2v) is 11.6. The van der Waals surface area contributed by atoms with Crippen molar-refractivity contribution >= 4 is 27.9 Å². The van der Waals surface area contributed by atoms with Crippen LogP contribution in [0.25, 0.3) is 0 Å². The van der Waals surface area contributed by atoms with Gasteiger partial charge < -0.3 is 14.4 Å². The van der Waals surface area contributed by atoms with Gasteiger partial charge in [-0.15, -0.1) is 11.8 Å².